The highest BCUT2D eigenvalue weighted by molar-refractivity contribution is 6.29. The van der Waals surface area contributed by atoms with Crippen LogP contribution in [0, 0.1) is 5.41 Å². The van der Waals surface area contributed by atoms with Gasteiger partial charge in [0.25, 0.3) is 0 Å². The van der Waals surface area contributed by atoms with Crippen molar-refractivity contribution in [2.24, 2.45) is 0 Å². The Morgan fingerprint density at radius 1 is 1.57 bits per heavy atom. The molecule has 0 aliphatic carbocycles. The first-order valence-corrected chi connectivity index (χ1v) is 1.62. The second-order valence-electron chi connectivity index (χ2n) is 0.902. The van der Waals surface area contributed by atoms with E-state index in [4.69, 9.17) is 5.41 Å². The Hall–Kier alpha value is -0.990. The van der Waals surface area contributed by atoms with Gasteiger partial charge < -0.3 is 5.41 Å². The summed E-state index contributed by atoms with van der Waals surface area (Å²) in [4.78, 5) is 18.7. The lowest BCUT2D eigenvalue weighted by atomic mass is 10.3. The topological polar surface area (TPSA) is 58.0 Å². The van der Waals surface area contributed by atoms with Crippen molar-refractivity contribution in [1.29, 1.82) is 5.41 Å². The van der Waals surface area contributed by atoms with Crippen LogP contribution in [-0.2, 0) is 9.59 Å². The number of nitrogens with one attached hydrogen (secondary N) is 1. The lowest BCUT2D eigenvalue weighted by molar-refractivity contribution is 0.555. The summed E-state index contributed by atoms with van der Waals surface area (Å²) in [6.07, 6.45) is 2.37. The van der Waals surface area contributed by atoms with E-state index in [1.165, 1.54) is 12.6 Å². The maximum atomic E-state index is 9.37. The molecule has 0 aromatic carbocycles. The monoisotopic (exact) mass is 97.0 g/mol. The van der Waals surface area contributed by atoms with Gasteiger partial charge in [0, 0.05) is 0 Å². The van der Waals surface area contributed by atoms with Crippen LogP contribution in [0.1, 0.15) is 6.42 Å². The Kier molecular flexibility index (Phi) is 2.76. The first-order valence-electron chi connectivity index (χ1n) is 1.62. The van der Waals surface area contributed by atoms with Gasteiger partial charge in [-0.25, -0.2) is 0 Å². The molecule has 0 saturated heterocycles. The van der Waals surface area contributed by atoms with E-state index in [0.29, 0.717) is 0 Å². The molecule has 0 unspecified atom stereocenters. The Bertz CT molecular complexity index is 97.9. The molecular weight excluding hydrogens is 94.0 g/mol. The largest absolute Gasteiger partial charge is 0.301 e. The summed E-state index contributed by atoms with van der Waals surface area (Å²) in [5.74, 6) is 0. The fourth-order valence-corrected chi connectivity index (χ4v) is 0.108. The van der Waals surface area contributed by atoms with E-state index < -0.39 is 0 Å². The Labute approximate surface area is 40.8 Å². The molecule has 3 nitrogen and oxygen atoms in total. The van der Waals surface area contributed by atoms with E-state index in [1.54, 1.807) is 0 Å². The lowest BCUT2D eigenvalue weighted by Gasteiger charge is -1.73. The van der Waals surface area contributed by atoms with Crippen LogP contribution in [0.25, 0.3) is 0 Å². The van der Waals surface area contributed by atoms with Crippen molar-refractivity contribution in [3.8, 4) is 0 Å². The standard InChI is InChI=1S/C4H3NO2/c5-4(3-7)1-2-6/h5H,1H2. The van der Waals surface area contributed by atoms with Crippen LogP contribution < -0.4 is 0 Å². The average Bonchev–Trinajstić information content (AvgIpc) is 1.68. The van der Waals surface area contributed by atoms with Crippen LogP contribution in [0.4, 0.5) is 0 Å². The highest BCUT2D eigenvalue weighted by Crippen LogP contribution is 1.69. The number of hydrogen-bond donors (Lipinski definition) is 1. The van der Waals surface area contributed by atoms with Crippen LogP contribution in [0.3, 0.4) is 0 Å². The van der Waals surface area contributed by atoms with E-state index in [1.807, 2.05) is 0 Å². The highest BCUT2D eigenvalue weighted by atomic mass is 16.1. The van der Waals surface area contributed by atoms with Crippen LogP contribution in [0.2, 0.25) is 0 Å². The fraction of sp³-hybridized carbons (Fsp3) is 0.250. The zero-order chi connectivity index (χ0) is 5.70. The van der Waals surface area contributed by atoms with Crippen molar-refractivity contribution in [2.75, 3.05) is 0 Å². The SMILES string of the molecule is N=C([C]=O)C[C]=O. The van der Waals surface area contributed by atoms with E-state index in [-0.39, 0.29) is 12.1 Å². The van der Waals surface area contributed by atoms with Gasteiger partial charge in [-0.3, -0.25) is 9.59 Å². The third kappa shape index (κ3) is 2.82. The van der Waals surface area contributed by atoms with Gasteiger partial charge in [0.05, 0.1) is 12.1 Å². The van der Waals surface area contributed by atoms with Crippen LogP contribution in [0.15, 0.2) is 0 Å². The van der Waals surface area contributed by atoms with Gasteiger partial charge >= 0.3 is 0 Å². The number of carbonyl (C=O) groups excluding carboxylic acids is 2. The molecule has 0 aromatic rings. The van der Waals surface area contributed by atoms with Gasteiger partial charge in [-0.15, -0.1) is 0 Å². The second-order valence-corrected chi connectivity index (χ2v) is 0.902. The Balaban J connectivity index is 3.36. The predicted molar refractivity (Wildman–Crippen MR) is 23.7 cm³/mol. The minimum absolute atomic E-state index is 0.247. The molecule has 1 N–H and O–H groups in total. The van der Waals surface area contributed by atoms with Gasteiger partial charge in [0.15, 0.2) is 0 Å². The molecule has 0 atom stereocenters. The first kappa shape index (κ1) is 6.01. The number of rotatable bonds is 3. The van der Waals surface area contributed by atoms with Crippen molar-refractivity contribution >= 4 is 18.3 Å². The molecule has 0 spiro atoms. The summed E-state index contributed by atoms with van der Waals surface area (Å²) in [6.45, 7) is 0. The average molecular weight is 97.1 g/mol. The van der Waals surface area contributed by atoms with Gasteiger partial charge in [0.1, 0.15) is 0 Å². The molecule has 7 heavy (non-hydrogen) atoms. The third-order valence-corrected chi connectivity index (χ3v) is 0.372. The number of hydrogen-bond acceptors (Lipinski definition) is 3. The van der Waals surface area contributed by atoms with E-state index in [0.717, 1.165) is 0 Å². The van der Waals surface area contributed by atoms with E-state index in [9.17, 15) is 9.59 Å². The minimum atomic E-state index is -0.352. The summed E-state index contributed by atoms with van der Waals surface area (Å²) in [5.41, 5.74) is -0.352. The van der Waals surface area contributed by atoms with Crippen LogP contribution >= 0.6 is 0 Å². The molecule has 0 rings (SSSR count). The quantitative estimate of drug-likeness (QED) is 0.488. The third-order valence-electron chi connectivity index (χ3n) is 0.372. The van der Waals surface area contributed by atoms with Crippen molar-refractivity contribution in [3.05, 3.63) is 0 Å². The van der Waals surface area contributed by atoms with E-state index >= 15 is 0 Å². The zero-order valence-electron chi connectivity index (χ0n) is 3.52. The lowest BCUT2D eigenvalue weighted by Crippen LogP contribution is -1.95. The summed E-state index contributed by atoms with van der Waals surface area (Å²) in [5, 5.41) is 6.45. The molecular formula is C4H3NO2. The van der Waals surface area contributed by atoms with Crippen molar-refractivity contribution < 1.29 is 9.59 Å². The molecule has 0 aliphatic rings. The van der Waals surface area contributed by atoms with Crippen LogP contribution in [-0.4, -0.2) is 18.3 Å². The predicted octanol–water partition coefficient (Wildman–Crippen LogP) is -0.384. The van der Waals surface area contributed by atoms with Crippen molar-refractivity contribution in [3.63, 3.8) is 0 Å². The van der Waals surface area contributed by atoms with Crippen molar-refractivity contribution in [2.45, 2.75) is 6.42 Å². The summed E-state index contributed by atoms with van der Waals surface area (Å²) in [6, 6.07) is 0. The first-order chi connectivity index (χ1) is 3.31. The molecule has 0 heterocycles. The Morgan fingerprint density at radius 2 is 2.14 bits per heavy atom. The van der Waals surface area contributed by atoms with E-state index in [2.05, 4.69) is 0 Å². The molecule has 0 bridgehead atoms. The maximum Gasteiger partial charge on any atom is 0.248 e. The Morgan fingerprint density at radius 3 is 2.29 bits per heavy atom. The minimum Gasteiger partial charge on any atom is -0.301 e. The maximum absolute atomic E-state index is 9.37. The molecule has 0 fully saturated rings. The highest BCUT2D eigenvalue weighted by Gasteiger charge is 1.90. The molecule has 36 valence electrons. The van der Waals surface area contributed by atoms with Gasteiger partial charge in [-0.05, 0) is 0 Å². The zero-order valence-corrected chi connectivity index (χ0v) is 3.52. The normalized spacial score (nSPS) is 7.43. The van der Waals surface area contributed by atoms with Gasteiger partial charge in [-0.1, -0.05) is 0 Å². The summed E-state index contributed by atoms with van der Waals surface area (Å²) in [7, 11) is 0. The molecule has 0 aliphatic heterocycles. The fourth-order valence-electron chi connectivity index (χ4n) is 0.108. The van der Waals surface area contributed by atoms with Crippen LogP contribution in [0.5, 0.6) is 0 Å². The molecule has 0 amide bonds. The summed E-state index contributed by atoms with van der Waals surface area (Å²) >= 11 is 0. The summed E-state index contributed by atoms with van der Waals surface area (Å²) < 4.78 is 0. The molecule has 0 saturated carbocycles. The smallest absolute Gasteiger partial charge is 0.248 e. The van der Waals surface area contributed by atoms with Gasteiger partial charge in [-0.2, -0.15) is 0 Å². The second kappa shape index (κ2) is 3.21. The van der Waals surface area contributed by atoms with Crippen molar-refractivity contribution in [1.82, 2.24) is 0 Å². The molecule has 0 aromatic heterocycles. The molecule has 2 radical (unpaired) electrons. The van der Waals surface area contributed by atoms with Gasteiger partial charge in [0.2, 0.25) is 12.6 Å². The molecule has 3 heteroatoms.